The SMILES string of the molecule is CN=C(NCCCOCCOC)NCC(Cc1ccccc1)c1ccccc1.I. The highest BCUT2D eigenvalue weighted by atomic mass is 127. The standard InChI is InChI=1S/C23H33N3O2.HI/c1-24-23(25-14-9-15-28-17-16-27-2)26-19-22(21-12-7-4-8-13-21)18-20-10-5-3-6-11-20;/h3-8,10-13,22H,9,14-19H2,1-2H3,(H2,24,25,26);1H. The molecule has 0 spiro atoms. The quantitative estimate of drug-likeness (QED) is 0.197. The fraction of sp³-hybridized carbons (Fsp3) is 0.435. The second kappa shape index (κ2) is 16.2. The molecule has 0 saturated carbocycles. The number of guanidine groups is 1. The fourth-order valence-corrected chi connectivity index (χ4v) is 3.00. The Balaban J connectivity index is 0.00000420. The Morgan fingerprint density at radius 2 is 1.62 bits per heavy atom. The van der Waals surface area contributed by atoms with E-state index in [1.54, 1.807) is 14.2 Å². The molecule has 5 nitrogen and oxygen atoms in total. The lowest BCUT2D eigenvalue weighted by Gasteiger charge is -2.20. The van der Waals surface area contributed by atoms with Crippen LogP contribution in [0.5, 0.6) is 0 Å². The van der Waals surface area contributed by atoms with E-state index >= 15 is 0 Å². The monoisotopic (exact) mass is 511 g/mol. The highest BCUT2D eigenvalue weighted by Crippen LogP contribution is 2.20. The summed E-state index contributed by atoms with van der Waals surface area (Å²) in [7, 11) is 3.49. The van der Waals surface area contributed by atoms with Gasteiger partial charge in [0.05, 0.1) is 13.2 Å². The molecule has 0 radical (unpaired) electrons. The van der Waals surface area contributed by atoms with Crippen LogP contribution < -0.4 is 10.6 Å². The van der Waals surface area contributed by atoms with E-state index in [1.807, 2.05) is 0 Å². The molecule has 2 N–H and O–H groups in total. The van der Waals surface area contributed by atoms with Crippen LogP contribution in [-0.2, 0) is 15.9 Å². The summed E-state index contributed by atoms with van der Waals surface area (Å²) in [6.45, 7) is 3.64. The third-order valence-electron chi connectivity index (χ3n) is 4.53. The summed E-state index contributed by atoms with van der Waals surface area (Å²) in [6.07, 6.45) is 1.92. The van der Waals surface area contributed by atoms with E-state index < -0.39 is 0 Å². The van der Waals surface area contributed by atoms with Crippen LogP contribution in [0.25, 0.3) is 0 Å². The van der Waals surface area contributed by atoms with Gasteiger partial charge < -0.3 is 20.1 Å². The highest BCUT2D eigenvalue weighted by Gasteiger charge is 2.13. The molecule has 6 heteroatoms. The Morgan fingerprint density at radius 1 is 0.931 bits per heavy atom. The molecule has 0 bridgehead atoms. The second-order valence-electron chi connectivity index (χ2n) is 6.64. The molecule has 29 heavy (non-hydrogen) atoms. The smallest absolute Gasteiger partial charge is 0.190 e. The van der Waals surface area contributed by atoms with Crippen molar-refractivity contribution in [3.63, 3.8) is 0 Å². The first-order valence-corrected chi connectivity index (χ1v) is 9.93. The van der Waals surface area contributed by atoms with E-state index in [0.29, 0.717) is 25.7 Å². The van der Waals surface area contributed by atoms with Crippen LogP contribution in [0.4, 0.5) is 0 Å². The fourth-order valence-electron chi connectivity index (χ4n) is 3.00. The number of aliphatic imine (C=N–C) groups is 1. The molecule has 1 atom stereocenters. The van der Waals surface area contributed by atoms with Crippen LogP contribution in [-0.4, -0.2) is 53.0 Å². The Morgan fingerprint density at radius 3 is 2.28 bits per heavy atom. The number of benzene rings is 2. The summed E-state index contributed by atoms with van der Waals surface area (Å²) in [5.41, 5.74) is 2.68. The van der Waals surface area contributed by atoms with E-state index in [4.69, 9.17) is 9.47 Å². The van der Waals surface area contributed by atoms with Crippen LogP contribution in [0.2, 0.25) is 0 Å². The molecule has 2 aromatic carbocycles. The van der Waals surface area contributed by atoms with Crippen LogP contribution >= 0.6 is 24.0 Å². The molecule has 0 aliphatic rings. The molecule has 0 saturated heterocycles. The van der Waals surface area contributed by atoms with Gasteiger partial charge in [-0.2, -0.15) is 0 Å². The number of hydrogen-bond acceptors (Lipinski definition) is 3. The van der Waals surface area contributed by atoms with Crippen molar-refractivity contribution >= 4 is 29.9 Å². The van der Waals surface area contributed by atoms with Gasteiger partial charge in [0.2, 0.25) is 0 Å². The minimum absolute atomic E-state index is 0. The first kappa shape index (κ1) is 25.4. The van der Waals surface area contributed by atoms with E-state index in [-0.39, 0.29) is 24.0 Å². The summed E-state index contributed by atoms with van der Waals surface area (Å²) in [4.78, 5) is 4.34. The van der Waals surface area contributed by atoms with Crippen molar-refractivity contribution in [2.45, 2.75) is 18.8 Å². The van der Waals surface area contributed by atoms with Crippen molar-refractivity contribution in [3.8, 4) is 0 Å². The zero-order chi connectivity index (χ0) is 19.9. The van der Waals surface area contributed by atoms with Crippen LogP contribution in [0.3, 0.4) is 0 Å². The molecule has 0 aliphatic carbocycles. The van der Waals surface area contributed by atoms with Crippen molar-refractivity contribution in [3.05, 3.63) is 71.8 Å². The van der Waals surface area contributed by atoms with E-state index in [0.717, 1.165) is 31.9 Å². The van der Waals surface area contributed by atoms with E-state index in [2.05, 4.69) is 76.3 Å². The summed E-state index contributed by atoms with van der Waals surface area (Å²) >= 11 is 0. The lowest BCUT2D eigenvalue weighted by Crippen LogP contribution is -2.40. The van der Waals surface area contributed by atoms with Gasteiger partial charge in [-0.3, -0.25) is 4.99 Å². The van der Waals surface area contributed by atoms with Crippen molar-refractivity contribution in [1.29, 1.82) is 0 Å². The van der Waals surface area contributed by atoms with Gasteiger partial charge in [0.15, 0.2) is 5.96 Å². The second-order valence-corrected chi connectivity index (χ2v) is 6.64. The normalized spacial score (nSPS) is 12.1. The molecule has 0 aromatic heterocycles. The number of nitrogens with zero attached hydrogens (tertiary/aromatic N) is 1. The van der Waals surface area contributed by atoms with Crippen LogP contribution in [0.1, 0.15) is 23.5 Å². The van der Waals surface area contributed by atoms with Crippen LogP contribution in [0.15, 0.2) is 65.7 Å². The van der Waals surface area contributed by atoms with Gasteiger partial charge in [-0.15, -0.1) is 24.0 Å². The molecular weight excluding hydrogens is 477 g/mol. The number of hydrogen-bond donors (Lipinski definition) is 2. The Hall–Kier alpha value is -1.64. The average Bonchev–Trinajstić information content (AvgIpc) is 2.75. The number of halogens is 1. The molecule has 0 heterocycles. The summed E-state index contributed by atoms with van der Waals surface area (Å²) < 4.78 is 10.5. The molecule has 160 valence electrons. The molecule has 2 aromatic rings. The first-order chi connectivity index (χ1) is 13.8. The van der Waals surface area contributed by atoms with E-state index in [9.17, 15) is 0 Å². The van der Waals surface area contributed by atoms with Gasteiger partial charge in [-0.25, -0.2) is 0 Å². The lowest BCUT2D eigenvalue weighted by atomic mass is 9.92. The van der Waals surface area contributed by atoms with Crippen molar-refractivity contribution in [1.82, 2.24) is 10.6 Å². The lowest BCUT2D eigenvalue weighted by molar-refractivity contribution is 0.0698. The Bertz CT molecular complexity index is 668. The summed E-state index contributed by atoms with van der Waals surface area (Å²) in [5.74, 6) is 1.20. The number of rotatable bonds is 12. The van der Waals surface area contributed by atoms with Crippen molar-refractivity contribution in [2.75, 3.05) is 47.1 Å². The van der Waals surface area contributed by atoms with Gasteiger partial charge in [0.1, 0.15) is 0 Å². The van der Waals surface area contributed by atoms with Gasteiger partial charge in [0.25, 0.3) is 0 Å². The predicted molar refractivity (Wildman–Crippen MR) is 131 cm³/mol. The van der Waals surface area contributed by atoms with Crippen LogP contribution in [0, 0.1) is 0 Å². The summed E-state index contributed by atoms with van der Waals surface area (Å²) in [6, 6.07) is 21.3. The molecule has 0 fully saturated rings. The average molecular weight is 511 g/mol. The number of methoxy groups -OCH3 is 1. The van der Waals surface area contributed by atoms with E-state index in [1.165, 1.54) is 11.1 Å². The molecular formula is C23H34IN3O2. The predicted octanol–water partition coefficient (Wildman–Crippen LogP) is 3.85. The topological polar surface area (TPSA) is 54.9 Å². The Labute approximate surface area is 192 Å². The number of ether oxygens (including phenoxy) is 2. The third-order valence-corrected chi connectivity index (χ3v) is 4.53. The van der Waals surface area contributed by atoms with Gasteiger partial charge in [-0.1, -0.05) is 60.7 Å². The first-order valence-electron chi connectivity index (χ1n) is 9.93. The van der Waals surface area contributed by atoms with Gasteiger partial charge in [-0.05, 0) is 24.0 Å². The maximum Gasteiger partial charge on any atom is 0.190 e. The minimum atomic E-state index is 0. The highest BCUT2D eigenvalue weighted by molar-refractivity contribution is 14.0. The minimum Gasteiger partial charge on any atom is -0.382 e. The zero-order valence-electron chi connectivity index (χ0n) is 17.5. The van der Waals surface area contributed by atoms with Gasteiger partial charge in [0, 0.05) is 39.8 Å². The van der Waals surface area contributed by atoms with Crippen molar-refractivity contribution < 1.29 is 9.47 Å². The third kappa shape index (κ3) is 10.6. The maximum absolute atomic E-state index is 5.49. The Kier molecular flexibility index (Phi) is 14.2. The summed E-state index contributed by atoms with van der Waals surface area (Å²) in [5, 5.41) is 6.84. The maximum atomic E-state index is 5.49. The van der Waals surface area contributed by atoms with Gasteiger partial charge >= 0.3 is 0 Å². The number of nitrogens with one attached hydrogen (secondary N) is 2. The molecule has 0 amide bonds. The molecule has 2 rings (SSSR count). The largest absolute Gasteiger partial charge is 0.382 e. The molecule has 1 unspecified atom stereocenters. The zero-order valence-corrected chi connectivity index (χ0v) is 19.8. The molecule has 0 aliphatic heterocycles. The van der Waals surface area contributed by atoms with Crippen molar-refractivity contribution in [2.24, 2.45) is 4.99 Å².